The van der Waals surface area contributed by atoms with Crippen LogP contribution in [0.15, 0.2) is 42.5 Å². The van der Waals surface area contributed by atoms with Crippen molar-refractivity contribution in [3.05, 3.63) is 74.3 Å². The minimum Gasteiger partial charge on any atom is -0.487 e. The van der Waals surface area contributed by atoms with Crippen molar-refractivity contribution in [1.29, 1.82) is 0 Å². The van der Waals surface area contributed by atoms with Crippen LogP contribution in [0.2, 0.25) is 5.02 Å². The van der Waals surface area contributed by atoms with Gasteiger partial charge in [-0.25, -0.2) is 9.68 Å². The molecule has 6 atom stereocenters. The highest BCUT2D eigenvalue weighted by molar-refractivity contribution is 6.33. The number of hydrogen-bond acceptors (Lipinski definition) is 7. The maximum absolute atomic E-state index is 11.3. The van der Waals surface area contributed by atoms with Crippen LogP contribution in [0.3, 0.4) is 0 Å². The molecule has 3 fully saturated rings. The third-order valence-corrected chi connectivity index (χ3v) is 9.26. The fourth-order valence-electron chi connectivity index (χ4n) is 7.25. The van der Waals surface area contributed by atoms with Gasteiger partial charge < -0.3 is 14.6 Å². The van der Waals surface area contributed by atoms with E-state index in [1.807, 2.05) is 0 Å². The van der Waals surface area contributed by atoms with Crippen molar-refractivity contribution in [3.8, 4) is 5.75 Å². The van der Waals surface area contributed by atoms with Gasteiger partial charge in [0.2, 0.25) is 0 Å². The summed E-state index contributed by atoms with van der Waals surface area (Å²) >= 11 is 7.08. The molecule has 0 amide bonds. The molecule has 5 rings (SSSR count). The van der Waals surface area contributed by atoms with E-state index in [-0.39, 0.29) is 34.9 Å². The molecule has 2 aliphatic carbocycles. The fraction of sp³-hybridized carbons (Fsp3) is 0.500. The predicted molar refractivity (Wildman–Crippen MR) is 148 cm³/mol. The zero-order chi connectivity index (χ0) is 28.7. The molecule has 214 valence electrons. The van der Waals surface area contributed by atoms with Crippen LogP contribution in [0, 0.1) is 33.8 Å². The van der Waals surface area contributed by atoms with Crippen LogP contribution >= 0.6 is 11.6 Å². The van der Waals surface area contributed by atoms with E-state index in [1.165, 1.54) is 24.6 Å². The summed E-state index contributed by atoms with van der Waals surface area (Å²) in [6.07, 6.45) is 7.61. The van der Waals surface area contributed by atoms with Gasteiger partial charge in [0.05, 0.1) is 9.95 Å². The molecular formula is C30H34ClNO8. The van der Waals surface area contributed by atoms with Gasteiger partial charge in [-0.15, -0.1) is 0 Å². The molecule has 6 unspecified atom stereocenters. The first kappa shape index (κ1) is 28.5. The molecule has 40 heavy (non-hydrogen) atoms. The third-order valence-electron chi connectivity index (χ3n) is 8.88. The zero-order valence-corrected chi connectivity index (χ0v) is 23.6. The number of nitro benzene ring substituents is 1. The lowest BCUT2D eigenvalue weighted by molar-refractivity contribution is -0.642. The Balaban J connectivity index is 1.56. The van der Waals surface area contributed by atoms with Gasteiger partial charge in [-0.1, -0.05) is 44.0 Å². The van der Waals surface area contributed by atoms with Crippen molar-refractivity contribution >= 4 is 29.3 Å². The number of carboxylic acids is 1. The van der Waals surface area contributed by atoms with E-state index >= 15 is 0 Å². The molecule has 1 N–H and O–H groups in total. The lowest BCUT2D eigenvalue weighted by atomic mass is 9.53. The first-order valence-electron chi connectivity index (χ1n) is 13.7. The second kappa shape index (κ2) is 11.1. The summed E-state index contributed by atoms with van der Waals surface area (Å²) in [6.45, 7) is 4.50. The van der Waals surface area contributed by atoms with Crippen molar-refractivity contribution in [2.75, 3.05) is 7.11 Å². The smallest absolute Gasteiger partial charge is 0.328 e. The Morgan fingerprint density at radius 1 is 1.18 bits per heavy atom. The average Bonchev–Trinajstić information content (AvgIpc) is 2.91. The van der Waals surface area contributed by atoms with Crippen molar-refractivity contribution in [1.82, 2.24) is 0 Å². The minimum atomic E-state index is -1.27. The van der Waals surface area contributed by atoms with Gasteiger partial charge >= 0.3 is 5.97 Å². The summed E-state index contributed by atoms with van der Waals surface area (Å²) in [5, 5.41) is 20.5. The van der Waals surface area contributed by atoms with Gasteiger partial charge in [0.1, 0.15) is 12.4 Å². The Hall–Kier alpha value is -2.98. The third kappa shape index (κ3) is 4.68. The minimum absolute atomic E-state index is 0.0273. The van der Waals surface area contributed by atoms with Crippen LogP contribution in [-0.4, -0.2) is 28.7 Å². The van der Waals surface area contributed by atoms with E-state index in [0.29, 0.717) is 28.5 Å². The van der Waals surface area contributed by atoms with E-state index in [1.54, 1.807) is 31.4 Å². The molecule has 0 aromatic heterocycles. The summed E-state index contributed by atoms with van der Waals surface area (Å²) in [5.74, 6) is -0.489. The van der Waals surface area contributed by atoms with Gasteiger partial charge in [-0.2, -0.15) is 4.89 Å². The Morgan fingerprint density at radius 3 is 2.52 bits per heavy atom. The van der Waals surface area contributed by atoms with Crippen LogP contribution in [-0.2, 0) is 31.7 Å². The summed E-state index contributed by atoms with van der Waals surface area (Å²) in [7, 11) is 1.60. The molecule has 1 spiro atoms. The van der Waals surface area contributed by atoms with Gasteiger partial charge in [0, 0.05) is 36.4 Å². The number of carboxylic acid groups (broad SMARTS) is 1. The van der Waals surface area contributed by atoms with Gasteiger partial charge in [-0.05, 0) is 73.1 Å². The van der Waals surface area contributed by atoms with Crippen LogP contribution < -0.4 is 4.74 Å². The highest BCUT2D eigenvalue weighted by Gasteiger charge is 2.74. The highest BCUT2D eigenvalue weighted by Crippen LogP contribution is 2.66. The molecular weight excluding hydrogens is 538 g/mol. The number of fused-ring (bicyclic) bond motifs is 3. The molecule has 2 aromatic carbocycles. The largest absolute Gasteiger partial charge is 0.487 e. The van der Waals surface area contributed by atoms with Crippen molar-refractivity contribution < 1.29 is 34.1 Å². The number of hydrogen-bond donors (Lipinski definition) is 1. The molecule has 1 saturated heterocycles. The number of non-ortho nitro benzene ring substituents is 1. The van der Waals surface area contributed by atoms with Gasteiger partial charge in [-0.3, -0.25) is 10.1 Å². The normalized spacial score (nSPS) is 31.2. The Bertz CT molecular complexity index is 1310. The first-order valence-corrected chi connectivity index (χ1v) is 14.0. The molecule has 1 aliphatic heterocycles. The topological polar surface area (TPSA) is 117 Å². The molecule has 2 bridgehead atoms. The number of rotatable bonds is 9. The number of nitrogens with zero attached hydrogens (tertiary/aromatic N) is 1. The molecule has 3 aliphatic rings. The molecule has 2 saturated carbocycles. The van der Waals surface area contributed by atoms with E-state index < -0.39 is 22.3 Å². The predicted octanol–water partition coefficient (Wildman–Crippen LogP) is 6.91. The van der Waals surface area contributed by atoms with E-state index in [2.05, 4.69) is 13.8 Å². The number of nitro groups is 1. The number of benzene rings is 2. The molecule has 0 radical (unpaired) electrons. The number of halogens is 1. The standard InChI is InChI=1S/C30H34ClNO8/c1-4-22-15-20-13-18(2)14-23(16-20)29(22)30(37-3,40-39-29)25-11-7-21(8-12-26(33)34)28(27(25)31)38-17-19-5-9-24(10-6-19)32(35)36/h5-12,18,20,22-23H,4,13-17H2,1-3H3,(H,33,34)/b12-8+. The average molecular weight is 572 g/mol. The molecule has 10 heteroatoms. The van der Waals surface area contributed by atoms with E-state index in [4.69, 9.17) is 30.8 Å². The van der Waals surface area contributed by atoms with Crippen LogP contribution in [0.5, 0.6) is 5.75 Å². The highest BCUT2D eigenvalue weighted by atomic mass is 35.5. The monoisotopic (exact) mass is 571 g/mol. The summed E-state index contributed by atoms with van der Waals surface area (Å²) in [4.78, 5) is 33.9. The first-order chi connectivity index (χ1) is 19.1. The Kier molecular flexibility index (Phi) is 7.94. The van der Waals surface area contributed by atoms with E-state index in [0.717, 1.165) is 31.8 Å². The second-order valence-corrected chi connectivity index (χ2v) is 11.6. The van der Waals surface area contributed by atoms with Crippen LogP contribution in [0.25, 0.3) is 6.08 Å². The quantitative estimate of drug-likeness (QED) is 0.149. The summed E-state index contributed by atoms with van der Waals surface area (Å²) in [5.41, 5.74) is 0.951. The van der Waals surface area contributed by atoms with E-state index in [9.17, 15) is 20.0 Å². The second-order valence-electron chi connectivity index (χ2n) is 11.2. The van der Waals surface area contributed by atoms with Gasteiger partial charge in [0.25, 0.3) is 11.5 Å². The van der Waals surface area contributed by atoms with Crippen molar-refractivity contribution in [2.45, 2.75) is 63.9 Å². The number of carbonyl (C=O) groups is 1. The summed E-state index contributed by atoms with van der Waals surface area (Å²) < 4.78 is 12.4. The molecule has 2 aromatic rings. The van der Waals surface area contributed by atoms with Crippen LogP contribution in [0.1, 0.15) is 62.6 Å². The van der Waals surface area contributed by atoms with Crippen molar-refractivity contribution in [2.24, 2.45) is 23.7 Å². The van der Waals surface area contributed by atoms with Crippen molar-refractivity contribution in [3.63, 3.8) is 0 Å². The SMILES string of the molecule is CCC1CC2CC(C)CC(C2)C12OOC2(OC)c1ccc(/C=C/C(=O)O)c(OCc2ccc([N+](=O)[O-])cc2)c1Cl. The Labute approximate surface area is 238 Å². The maximum Gasteiger partial charge on any atom is 0.328 e. The van der Waals surface area contributed by atoms with Crippen LogP contribution in [0.4, 0.5) is 5.69 Å². The number of methoxy groups -OCH3 is 1. The Morgan fingerprint density at radius 2 is 1.93 bits per heavy atom. The number of ether oxygens (including phenoxy) is 2. The number of aliphatic carboxylic acids is 1. The molecule has 1 heterocycles. The maximum atomic E-state index is 11.3. The zero-order valence-electron chi connectivity index (χ0n) is 22.8. The van der Waals surface area contributed by atoms with Gasteiger partial charge in [0.15, 0.2) is 5.60 Å². The lowest BCUT2D eigenvalue weighted by Crippen LogP contribution is -2.74. The fourth-order valence-corrected chi connectivity index (χ4v) is 7.60. The molecule has 9 nitrogen and oxygen atoms in total. The lowest BCUT2D eigenvalue weighted by Gasteiger charge is -2.65. The summed E-state index contributed by atoms with van der Waals surface area (Å²) in [6, 6.07) is 9.53.